The second kappa shape index (κ2) is 6.48. The zero-order valence-corrected chi connectivity index (χ0v) is 14.6. The third-order valence-electron chi connectivity index (χ3n) is 4.47. The predicted molar refractivity (Wildman–Crippen MR) is 104 cm³/mol. The van der Waals surface area contributed by atoms with E-state index in [1.807, 2.05) is 79.7 Å². The third-order valence-corrected chi connectivity index (χ3v) is 4.47. The van der Waals surface area contributed by atoms with Gasteiger partial charge in [0, 0.05) is 5.56 Å². The molecule has 4 aromatic rings. The molecule has 0 N–H and O–H groups in total. The quantitative estimate of drug-likeness (QED) is 0.555. The van der Waals surface area contributed by atoms with Crippen LogP contribution < -0.4 is 10.3 Å². The molecule has 0 spiro atoms. The lowest BCUT2D eigenvalue weighted by Crippen LogP contribution is -2.22. The molecule has 0 aliphatic carbocycles. The van der Waals surface area contributed by atoms with Crippen molar-refractivity contribution in [3.63, 3.8) is 0 Å². The van der Waals surface area contributed by atoms with E-state index in [-0.39, 0.29) is 5.56 Å². The van der Waals surface area contributed by atoms with Gasteiger partial charge in [0.15, 0.2) is 0 Å². The Balaban J connectivity index is 2.09. The first-order valence-corrected chi connectivity index (χ1v) is 8.41. The summed E-state index contributed by atoms with van der Waals surface area (Å²) in [6.07, 6.45) is 0. The summed E-state index contributed by atoms with van der Waals surface area (Å²) in [5.74, 6) is 1.38. The highest BCUT2D eigenvalue weighted by Crippen LogP contribution is 2.25. The summed E-state index contributed by atoms with van der Waals surface area (Å²) in [6.45, 7) is 1.94. The maximum Gasteiger partial charge on any atom is 0.266 e. The molecule has 0 radical (unpaired) electrons. The van der Waals surface area contributed by atoms with E-state index in [0.29, 0.717) is 16.7 Å². The van der Waals surface area contributed by atoms with Gasteiger partial charge < -0.3 is 4.74 Å². The molecule has 0 saturated heterocycles. The summed E-state index contributed by atoms with van der Waals surface area (Å²) in [4.78, 5) is 18.2. The number of nitrogens with zero attached hydrogens (tertiary/aromatic N) is 2. The predicted octanol–water partition coefficient (Wildman–Crippen LogP) is 4.37. The molecule has 1 aromatic heterocycles. The number of benzene rings is 3. The number of hydrogen-bond donors (Lipinski definition) is 0. The highest BCUT2D eigenvalue weighted by molar-refractivity contribution is 5.83. The van der Waals surface area contributed by atoms with Crippen LogP contribution in [0.15, 0.2) is 77.6 Å². The molecule has 1 heterocycles. The van der Waals surface area contributed by atoms with Crippen molar-refractivity contribution in [1.29, 1.82) is 0 Å². The van der Waals surface area contributed by atoms with Crippen molar-refractivity contribution in [1.82, 2.24) is 9.55 Å². The van der Waals surface area contributed by atoms with Gasteiger partial charge in [-0.2, -0.15) is 0 Å². The monoisotopic (exact) mass is 342 g/mol. The fraction of sp³-hybridized carbons (Fsp3) is 0.0909. The first-order valence-electron chi connectivity index (χ1n) is 8.41. The Morgan fingerprint density at radius 1 is 0.885 bits per heavy atom. The van der Waals surface area contributed by atoms with Gasteiger partial charge in [-0.15, -0.1) is 0 Å². The Bertz CT molecular complexity index is 1130. The van der Waals surface area contributed by atoms with Gasteiger partial charge in [-0.3, -0.25) is 9.36 Å². The van der Waals surface area contributed by atoms with Crippen LogP contribution in [0.4, 0.5) is 0 Å². The zero-order chi connectivity index (χ0) is 18.1. The number of fused-ring (bicyclic) bond motifs is 1. The highest BCUT2D eigenvalue weighted by Gasteiger charge is 2.15. The van der Waals surface area contributed by atoms with Gasteiger partial charge in [0.1, 0.15) is 11.6 Å². The van der Waals surface area contributed by atoms with Gasteiger partial charge in [0.25, 0.3) is 5.56 Å². The number of aryl methyl sites for hydroxylation is 1. The molecule has 4 heteroatoms. The van der Waals surface area contributed by atoms with E-state index in [2.05, 4.69) is 0 Å². The van der Waals surface area contributed by atoms with Gasteiger partial charge in [-0.1, -0.05) is 30.3 Å². The Labute approximate surface area is 151 Å². The van der Waals surface area contributed by atoms with E-state index < -0.39 is 0 Å². The number of methoxy groups -OCH3 is 1. The van der Waals surface area contributed by atoms with Crippen LogP contribution in [0.5, 0.6) is 5.75 Å². The van der Waals surface area contributed by atoms with Crippen LogP contribution in [0.25, 0.3) is 28.0 Å². The van der Waals surface area contributed by atoms with Crippen molar-refractivity contribution < 1.29 is 4.74 Å². The van der Waals surface area contributed by atoms with E-state index in [0.717, 1.165) is 22.6 Å². The summed E-state index contributed by atoms with van der Waals surface area (Å²) in [5.41, 5.74) is 3.21. The minimum absolute atomic E-state index is 0.0647. The van der Waals surface area contributed by atoms with Gasteiger partial charge >= 0.3 is 0 Å². The number of para-hydroxylation sites is 1. The fourth-order valence-electron chi connectivity index (χ4n) is 3.15. The largest absolute Gasteiger partial charge is 0.497 e. The molecule has 0 atom stereocenters. The average molecular weight is 342 g/mol. The van der Waals surface area contributed by atoms with Crippen molar-refractivity contribution >= 4 is 10.9 Å². The second-order valence-corrected chi connectivity index (χ2v) is 6.11. The summed E-state index contributed by atoms with van der Waals surface area (Å²) < 4.78 is 6.92. The fourth-order valence-corrected chi connectivity index (χ4v) is 3.15. The summed E-state index contributed by atoms with van der Waals surface area (Å²) in [7, 11) is 1.63. The molecule has 0 amide bonds. The number of rotatable bonds is 3. The van der Waals surface area contributed by atoms with Crippen LogP contribution in [-0.4, -0.2) is 16.7 Å². The molecule has 0 aliphatic rings. The lowest BCUT2D eigenvalue weighted by atomic mass is 10.1. The van der Waals surface area contributed by atoms with Crippen LogP contribution in [0, 0.1) is 6.92 Å². The van der Waals surface area contributed by atoms with Gasteiger partial charge in [0.2, 0.25) is 0 Å². The standard InChI is InChI=1S/C22H18N2O2/c1-15-7-6-10-19-20(15)22(25)24(17-8-4-3-5-9-17)21(23-19)16-11-13-18(26-2)14-12-16/h3-14H,1-2H3. The molecule has 0 fully saturated rings. The van der Waals surface area contributed by atoms with E-state index in [1.165, 1.54) is 0 Å². The van der Waals surface area contributed by atoms with Crippen molar-refractivity contribution in [2.24, 2.45) is 0 Å². The van der Waals surface area contributed by atoms with Gasteiger partial charge in [0.05, 0.1) is 23.7 Å². The van der Waals surface area contributed by atoms with Crippen LogP contribution in [0.1, 0.15) is 5.56 Å². The van der Waals surface area contributed by atoms with Crippen molar-refractivity contribution in [3.05, 3.63) is 88.7 Å². The maximum absolute atomic E-state index is 13.4. The van der Waals surface area contributed by atoms with Crippen LogP contribution in [0.2, 0.25) is 0 Å². The molecule has 4 nitrogen and oxygen atoms in total. The van der Waals surface area contributed by atoms with Crippen LogP contribution >= 0.6 is 0 Å². The lowest BCUT2D eigenvalue weighted by Gasteiger charge is -2.15. The minimum atomic E-state index is -0.0647. The minimum Gasteiger partial charge on any atom is -0.497 e. The first-order chi connectivity index (χ1) is 12.7. The number of aromatic nitrogens is 2. The molecule has 0 bridgehead atoms. The molecular weight excluding hydrogens is 324 g/mol. The van der Waals surface area contributed by atoms with Crippen molar-refractivity contribution in [2.45, 2.75) is 6.92 Å². The Morgan fingerprint density at radius 3 is 2.31 bits per heavy atom. The van der Waals surface area contributed by atoms with E-state index >= 15 is 0 Å². The molecular formula is C22H18N2O2. The molecule has 3 aromatic carbocycles. The maximum atomic E-state index is 13.4. The average Bonchev–Trinajstić information content (AvgIpc) is 2.68. The first kappa shape index (κ1) is 16.1. The van der Waals surface area contributed by atoms with Crippen molar-refractivity contribution in [2.75, 3.05) is 7.11 Å². The normalized spacial score (nSPS) is 10.8. The Hall–Kier alpha value is -3.40. The number of hydrogen-bond acceptors (Lipinski definition) is 3. The lowest BCUT2D eigenvalue weighted by molar-refractivity contribution is 0.415. The third kappa shape index (κ3) is 2.65. The van der Waals surface area contributed by atoms with Gasteiger partial charge in [-0.05, 0) is 55.0 Å². The van der Waals surface area contributed by atoms with E-state index in [9.17, 15) is 4.79 Å². The molecule has 4 rings (SSSR count). The van der Waals surface area contributed by atoms with E-state index in [4.69, 9.17) is 9.72 Å². The Kier molecular flexibility index (Phi) is 4.01. The molecule has 128 valence electrons. The molecule has 0 aliphatic heterocycles. The Morgan fingerprint density at radius 2 is 1.62 bits per heavy atom. The summed E-state index contributed by atoms with van der Waals surface area (Å²) in [5, 5.41) is 0.647. The van der Waals surface area contributed by atoms with Crippen LogP contribution in [-0.2, 0) is 0 Å². The second-order valence-electron chi connectivity index (χ2n) is 6.11. The molecule has 26 heavy (non-hydrogen) atoms. The highest BCUT2D eigenvalue weighted by atomic mass is 16.5. The van der Waals surface area contributed by atoms with E-state index in [1.54, 1.807) is 11.7 Å². The smallest absolute Gasteiger partial charge is 0.266 e. The van der Waals surface area contributed by atoms with Gasteiger partial charge in [-0.25, -0.2) is 4.98 Å². The summed E-state index contributed by atoms with van der Waals surface area (Å²) >= 11 is 0. The zero-order valence-electron chi connectivity index (χ0n) is 14.6. The molecule has 0 saturated carbocycles. The summed E-state index contributed by atoms with van der Waals surface area (Å²) in [6, 6.07) is 22.9. The number of ether oxygens (including phenoxy) is 1. The topological polar surface area (TPSA) is 44.1 Å². The molecule has 0 unspecified atom stereocenters. The SMILES string of the molecule is COc1ccc(-c2nc3cccc(C)c3c(=O)n2-c2ccccc2)cc1. The van der Waals surface area contributed by atoms with Crippen molar-refractivity contribution in [3.8, 4) is 22.8 Å². The van der Waals surface area contributed by atoms with Crippen LogP contribution in [0.3, 0.4) is 0 Å².